The zero-order valence-corrected chi connectivity index (χ0v) is 34.1. The second-order valence-electron chi connectivity index (χ2n) is 15.7. The molecule has 1 heterocycles. The second-order valence-corrected chi connectivity index (χ2v) is 15.7. The van der Waals surface area contributed by atoms with Crippen LogP contribution in [-0.4, -0.2) is 4.57 Å². The van der Waals surface area contributed by atoms with Crippen LogP contribution in [0.3, 0.4) is 0 Å². The molecule has 0 atom stereocenters. The third-order valence-electron chi connectivity index (χ3n) is 12.0. The molecule has 0 bridgehead atoms. The Morgan fingerprint density at radius 3 is 1.18 bits per heavy atom. The van der Waals surface area contributed by atoms with E-state index in [-0.39, 0.29) is 0 Å². The van der Waals surface area contributed by atoms with E-state index >= 15 is 0 Å². The van der Waals surface area contributed by atoms with Gasteiger partial charge in [-0.05, 0) is 98.6 Å². The van der Waals surface area contributed by atoms with Crippen LogP contribution in [0.5, 0.6) is 0 Å². The van der Waals surface area contributed by atoms with E-state index in [1.165, 1.54) is 60.8 Å². The van der Waals surface area contributed by atoms with Gasteiger partial charge in [0.05, 0.1) is 16.7 Å². The van der Waals surface area contributed by atoms with Gasteiger partial charge in [0.15, 0.2) is 0 Å². The Labute approximate surface area is 362 Å². The van der Waals surface area contributed by atoms with Gasteiger partial charge in [0.2, 0.25) is 0 Å². The predicted octanol–water partition coefficient (Wildman–Crippen LogP) is 16.6. The van der Waals surface area contributed by atoms with Crippen LogP contribution in [0.2, 0.25) is 0 Å². The molecule has 11 aromatic rings. The number of benzene rings is 10. The molecule has 1 aromatic heterocycles. The molecule has 0 saturated carbocycles. The van der Waals surface area contributed by atoms with Crippen molar-refractivity contribution in [3.05, 3.63) is 255 Å². The van der Waals surface area contributed by atoms with Crippen LogP contribution in [-0.2, 0) is 0 Å². The maximum Gasteiger partial charge on any atom is 0.0562 e. The van der Waals surface area contributed by atoms with Crippen molar-refractivity contribution in [2.24, 2.45) is 0 Å². The number of para-hydroxylation sites is 2. The van der Waals surface area contributed by atoms with Crippen molar-refractivity contribution in [2.45, 2.75) is 0 Å². The van der Waals surface area contributed by atoms with Crippen molar-refractivity contribution in [1.82, 2.24) is 4.57 Å². The molecule has 0 spiro atoms. The van der Waals surface area contributed by atoms with Crippen LogP contribution in [0.15, 0.2) is 255 Å². The SMILES string of the molecule is c1ccc(-c2ccccc2-c2cccc(N(c3cccc(-c4ccccc4-c4ccccc4)c3)c3ccc4c5ccccc5n(-c5ccccc5-c5ccccc5)c4c3)c2)cc1. The van der Waals surface area contributed by atoms with Crippen LogP contribution in [0.4, 0.5) is 17.1 Å². The fourth-order valence-corrected chi connectivity index (χ4v) is 9.17. The average molecular weight is 791 g/mol. The fraction of sp³-hybridized carbons (Fsp3) is 0. The molecule has 0 N–H and O–H groups in total. The van der Waals surface area contributed by atoms with Crippen LogP contribution in [0.25, 0.3) is 83.1 Å². The summed E-state index contributed by atoms with van der Waals surface area (Å²) >= 11 is 0. The Kier molecular flexibility index (Phi) is 9.57. The first kappa shape index (κ1) is 36.8. The van der Waals surface area contributed by atoms with Gasteiger partial charge >= 0.3 is 0 Å². The zero-order chi connectivity index (χ0) is 41.2. The highest BCUT2D eigenvalue weighted by Crippen LogP contribution is 2.44. The lowest BCUT2D eigenvalue weighted by Crippen LogP contribution is -2.10. The molecule has 10 aromatic carbocycles. The number of hydrogen-bond acceptors (Lipinski definition) is 1. The molecule has 0 radical (unpaired) electrons. The van der Waals surface area contributed by atoms with E-state index in [1.54, 1.807) is 0 Å². The number of rotatable bonds is 9. The van der Waals surface area contributed by atoms with Crippen molar-refractivity contribution in [3.8, 4) is 61.3 Å². The standard InChI is InChI=1S/C60H42N2/c1-4-20-43(21-5-1)51-30-10-12-32-53(51)46-26-18-28-48(40-46)61(49-29-19-27-47(41-49)54-33-13-11-31-52(54)44-22-6-2-7-23-44)50-38-39-57-56-35-15-17-37-59(56)62(60(57)42-50)58-36-16-14-34-55(58)45-24-8-3-9-25-45/h1-42H. The molecule has 0 aliphatic heterocycles. The number of fused-ring (bicyclic) bond motifs is 3. The summed E-state index contributed by atoms with van der Waals surface area (Å²) in [6.07, 6.45) is 0. The molecular formula is C60H42N2. The zero-order valence-electron chi connectivity index (χ0n) is 34.1. The molecule has 0 unspecified atom stereocenters. The summed E-state index contributed by atoms with van der Waals surface area (Å²) in [6.45, 7) is 0. The molecular weight excluding hydrogens is 749 g/mol. The van der Waals surface area contributed by atoms with E-state index in [4.69, 9.17) is 0 Å². The lowest BCUT2D eigenvalue weighted by atomic mass is 9.93. The van der Waals surface area contributed by atoms with Gasteiger partial charge in [-0.25, -0.2) is 0 Å². The maximum atomic E-state index is 2.45. The van der Waals surface area contributed by atoms with Crippen molar-refractivity contribution in [2.75, 3.05) is 4.90 Å². The first-order valence-corrected chi connectivity index (χ1v) is 21.3. The van der Waals surface area contributed by atoms with Gasteiger partial charge in [-0.15, -0.1) is 0 Å². The monoisotopic (exact) mass is 790 g/mol. The topological polar surface area (TPSA) is 8.17 Å². The van der Waals surface area contributed by atoms with Gasteiger partial charge in [0.1, 0.15) is 0 Å². The molecule has 2 nitrogen and oxygen atoms in total. The van der Waals surface area contributed by atoms with E-state index in [1.807, 2.05) is 0 Å². The maximum absolute atomic E-state index is 2.45. The summed E-state index contributed by atoms with van der Waals surface area (Å²) < 4.78 is 2.45. The average Bonchev–Trinajstić information content (AvgIpc) is 3.68. The Hall–Kier alpha value is -8.20. The third kappa shape index (κ3) is 6.74. The lowest BCUT2D eigenvalue weighted by molar-refractivity contribution is 1.18. The van der Waals surface area contributed by atoms with E-state index in [0.717, 1.165) is 39.4 Å². The highest BCUT2D eigenvalue weighted by atomic mass is 15.1. The predicted molar refractivity (Wildman–Crippen MR) is 263 cm³/mol. The van der Waals surface area contributed by atoms with Crippen molar-refractivity contribution in [1.29, 1.82) is 0 Å². The van der Waals surface area contributed by atoms with Crippen molar-refractivity contribution < 1.29 is 0 Å². The fourth-order valence-electron chi connectivity index (χ4n) is 9.17. The summed E-state index contributed by atoms with van der Waals surface area (Å²) in [6, 6.07) is 92.1. The minimum absolute atomic E-state index is 1.07. The van der Waals surface area contributed by atoms with E-state index in [2.05, 4.69) is 264 Å². The molecule has 11 rings (SSSR count). The minimum Gasteiger partial charge on any atom is -0.310 e. The van der Waals surface area contributed by atoms with E-state index < -0.39 is 0 Å². The van der Waals surface area contributed by atoms with Gasteiger partial charge < -0.3 is 9.47 Å². The molecule has 0 aliphatic rings. The van der Waals surface area contributed by atoms with Crippen molar-refractivity contribution in [3.63, 3.8) is 0 Å². The molecule has 2 heteroatoms. The summed E-state index contributed by atoms with van der Waals surface area (Å²) in [4.78, 5) is 2.42. The first-order chi connectivity index (χ1) is 30.8. The Morgan fingerprint density at radius 2 is 0.629 bits per heavy atom. The minimum atomic E-state index is 1.07. The number of hydrogen-bond donors (Lipinski definition) is 0. The molecule has 0 saturated heterocycles. The largest absolute Gasteiger partial charge is 0.310 e. The molecule has 292 valence electrons. The van der Waals surface area contributed by atoms with Crippen molar-refractivity contribution >= 4 is 38.9 Å². The second kappa shape index (κ2) is 16.1. The Morgan fingerprint density at radius 1 is 0.242 bits per heavy atom. The van der Waals surface area contributed by atoms with Gasteiger partial charge in [-0.1, -0.05) is 206 Å². The van der Waals surface area contributed by atoms with Gasteiger partial charge in [0.25, 0.3) is 0 Å². The third-order valence-corrected chi connectivity index (χ3v) is 12.0. The highest BCUT2D eigenvalue weighted by Gasteiger charge is 2.21. The summed E-state index contributed by atoms with van der Waals surface area (Å²) in [5.74, 6) is 0. The number of anilines is 3. The molecule has 62 heavy (non-hydrogen) atoms. The molecule has 0 fully saturated rings. The highest BCUT2D eigenvalue weighted by molar-refractivity contribution is 6.11. The normalized spacial score (nSPS) is 11.2. The van der Waals surface area contributed by atoms with Gasteiger partial charge in [0, 0.05) is 33.4 Å². The summed E-state index contributed by atoms with van der Waals surface area (Å²) in [5.41, 5.74) is 18.6. The van der Waals surface area contributed by atoms with Gasteiger partial charge in [-0.2, -0.15) is 0 Å². The molecule has 0 aliphatic carbocycles. The van der Waals surface area contributed by atoms with Crippen LogP contribution >= 0.6 is 0 Å². The van der Waals surface area contributed by atoms with Crippen LogP contribution in [0.1, 0.15) is 0 Å². The Balaban J connectivity index is 1.14. The summed E-state index contributed by atoms with van der Waals surface area (Å²) in [5, 5.41) is 2.44. The first-order valence-electron chi connectivity index (χ1n) is 21.3. The van der Waals surface area contributed by atoms with Gasteiger partial charge in [-0.3, -0.25) is 0 Å². The van der Waals surface area contributed by atoms with Crippen LogP contribution in [0, 0.1) is 0 Å². The number of aromatic nitrogens is 1. The molecule has 0 amide bonds. The number of nitrogens with zero attached hydrogens (tertiary/aromatic N) is 2. The quantitative estimate of drug-likeness (QED) is 0.141. The van der Waals surface area contributed by atoms with E-state index in [0.29, 0.717) is 0 Å². The Bertz CT molecular complexity index is 3220. The summed E-state index contributed by atoms with van der Waals surface area (Å²) in [7, 11) is 0. The van der Waals surface area contributed by atoms with Crippen LogP contribution < -0.4 is 4.90 Å². The smallest absolute Gasteiger partial charge is 0.0562 e. The lowest BCUT2D eigenvalue weighted by Gasteiger charge is -2.27. The van der Waals surface area contributed by atoms with E-state index in [9.17, 15) is 0 Å².